The van der Waals surface area contributed by atoms with Crippen LogP contribution in [-0.2, 0) is 24.2 Å². The van der Waals surface area contributed by atoms with E-state index in [9.17, 15) is 9.59 Å². The van der Waals surface area contributed by atoms with Crippen molar-refractivity contribution in [1.82, 2.24) is 9.55 Å². The van der Waals surface area contributed by atoms with E-state index < -0.39 is 0 Å². The zero-order valence-corrected chi connectivity index (χ0v) is 20.2. The minimum atomic E-state index is -0.101. The van der Waals surface area contributed by atoms with Crippen LogP contribution in [0.2, 0.25) is 0 Å². The minimum Gasteiger partial charge on any atom is -0.325 e. The fourth-order valence-electron chi connectivity index (χ4n) is 3.71. The van der Waals surface area contributed by atoms with Gasteiger partial charge in [-0.25, -0.2) is 4.98 Å². The summed E-state index contributed by atoms with van der Waals surface area (Å²) in [6.45, 7) is 6.64. The molecular formula is C25H27N3O2S2. The number of amides is 1. The van der Waals surface area contributed by atoms with Crippen molar-refractivity contribution in [3.05, 3.63) is 81.3 Å². The molecule has 1 aliphatic rings. The Kier molecular flexibility index (Phi) is 7.06. The van der Waals surface area contributed by atoms with Crippen LogP contribution in [0.5, 0.6) is 0 Å². The summed E-state index contributed by atoms with van der Waals surface area (Å²) < 4.78 is 1.74. The number of aromatic nitrogens is 2. The van der Waals surface area contributed by atoms with Crippen LogP contribution in [0.3, 0.4) is 0 Å². The molecule has 166 valence electrons. The molecule has 0 radical (unpaired) electrons. The van der Waals surface area contributed by atoms with Crippen LogP contribution in [0, 0.1) is 13.8 Å². The second-order valence-electron chi connectivity index (χ2n) is 8.15. The smallest absolute Gasteiger partial charge is 0.268 e. The van der Waals surface area contributed by atoms with Gasteiger partial charge in [0.2, 0.25) is 5.91 Å². The molecule has 5 nitrogen and oxygen atoms in total. The predicted molar refractivity (Wildman–Crippen MR) is 133 cm³/mol. The number of nitrogens with zero attached hydrogens (tertiary/aromatic N) is 2. The SMILES string of the molecule is Cc1ccc(C)c(NC(=O)CSc2nc3c(c(=O)n2CCc2ccccc2)SC(C)C3)c1. The van der Waals surface area contributed by atoms with Crippen LogP contribution in [0.25, 0.3) is 0 Å². The Bertz CT molecular complexity index is 1190. The summed E-state index contributed by atoms with van der Waals surface area (Å²) >= 11 is 2.94. The number of aryl methyl sites for hydroxylation is 3. The Balaban J connectivity index is 1.53. The van der Waals surface area contributed by atoms with Crippen molar-refractivity contribution in [2.45, 2.75) is 55.5 Å². The van der Waals surface area contributed by atoms with Crippen LogP contribution < -0.4 is 10.9 Å². The largest absolute Gasteiger partial charge is 0.325 e. The summed E-state index contributed by atoms with van der Waals surface area (Å²) in [6.07, 6.45) is 1.53. The number of hydrogen-bond donors (Lipinski definition) is 1. The molecule has 2 aromatic carbocycles. The molecule has 0 saturated carbocycles. The predicted octanol–water partition coefficient (Wildman–Crippen LogP) is 4.87. The monoisotopic (exact) mass is 465 g/mol. The van der Waals surface area contributed by atoms with Crippen molar-refractivity contribution in [2.75, 3.05) is 11.1 Å². The molecule has 1 N–H and O–H groups in total. The number of carbonyl (C=O) groups is 1. The summed E-state index contributed by atoms with van der Waals surface area (Å²) in [5.74, 6) is 0.0999. The first-order chi connectivity index (χ1) is 15.4. The lowest BCUT2D eigenvalue weighted by Gasteiger charge is -2.14. The molecule has 3 aromatic rings. The quantitative estimate of drug-likeness (QED) is 0.398. The molecule has 1 aromatic heterocycles. The molecule has 2 heterocycles. The average molecular weight is 466 g/mol. The topological polar surface area (TPSA) is 64.0 Å². The van der Waals surface area contributed by atoms with Gasteiger partial charge >= 0.3 is 0 Å². The van der Waals surface area contributed by atoms with E-state index >= 15 is 0 Å². The van der Waals surface area contributed by atoms with Gasteiger partial charge in [-0.3, -0.25) is 14.2 Å². The standard InChI is InChI=1S/C25H27N3O2S2/c1-16-9-10-17(2)20(13-16)26-22(29)15-31-25-27-21-14-18(3)32-23(21)24(30)28(25)12-11-19-7-5-4-6-8-19/h4-10,13,18H,11-12,14-15H2,1-3H3,(H,26,29). The Labute approximate surface area is 197 Å². The van der Waals surface area contributed by atoms with Gasteiger partial charge in [0, 0.05) is 23.9 Å². The maximum atomic E-state index is 13.3. The molecule has 1 aliphatic heterocycles. The number of carbonyl (C=O) groups excluding carboxylic acids is 1. The molecule has 0 bridgehead atoms. The van der Waals surface area contributed by atoms with Crippen molar-refractivity contribution in [2.24, 2.45) is 0 Å². The highest BCUT2D eigenvalue weighted by atomic mass is 32.2. The fraction of sp³-hybridized carbons (Fsp3) is 0.320. The molecule has 0 fully saturated rings. The van der Waals surface area contributed by atoms with Crippen molar-refractivity contribution >= 4 is 35.1 Å². The molecule has 0 spiro atoms. The average Bonchev–Trinajstić information content (AvgIpc) is 3.15. The lowest BCUT2D eigenvalue weighted by atomic mass is 10.1. The van der Waals surface area contributed by atoms with Gasteiger partial charge in [-0.05, 0) is 43.0 Å². The second-order valence-corrected chi connectivity index (χ2v) is 10.5. The highest BCUT2D eigenvalue weighted by Gasteiger charge is 2.26. The minimum absolute atomic E-state index is 0.0118. The number of benzene rings is 2. The molecule has 1 atom stereocenters. The number of hydrogen-bond acceptors (Lipinski definition) is 5. The maximum Gasteiger partial charge on any atom is 0.268 e. The van der Waals surface area contributed by atoms with E-state index in [4.69, 9.17) is 4.98 Å². The normalized spacial score (nSPS) is 14.9. The molecule has 32 heavy (non-hydrogen) atoms. The van der Waals surface area contributed by atoms with Gasteiger partial charge in [0.15, 0.2) is 5.16 Å². The lowest BCUT2D eigenvalue weighted by molar-refractivity contribution is -0.113. The van der Waals surface area contributed by atoms with Crippen LogP contribution in [0.4, 0.5) is 5.69 Å². The van der Waals surface area contributed by atoms with E-state index in [-0.39, 0.29) is 17.2 Å². The van der Waals surface area contributed by atoms with E-state index in [1.54, 1.807) is 16.3 Å². The number of rotatable bonds is 7. The van der Waals surface area contributed by atoms with Gasteiger partial charge < -0.3 is 5.32 Å². The highest BCUT2D eigenvalue weighted by molar-refractivity contribution is 8.00. The van der Waals surface area contributed by atoms with E-state index in [0.29, 0.717) is 17.0 Å². The summed E-state index contributed by atoms with van der Waals surface area (Å²) in [5, 5.41) is 3.96. The van der Waals surface area contributed by atoms with Gasteiger partial charge in [-0.1, -0.05) is 61.2 Å². The Morgan fingerprint density at radius 1 is 1.22 bits per heavy atom. The summed E-state index contributed by atoms with van der Waals surface area (Å²) in [4.78, 5) is 31.5. The highest BCUT2D eigenvalue weighted by Crippen LogP contribution is 2.34. The molecule has 4 rings (SSSR count). The molecule has 0 aliphatic carbocycles. The molecular weight excluding hydrogens is 438 g/mol. The van der Waals surface area contributed by atoms with Crippen LogP contribution in [-0.4, -0.2) is 26.5 Å². The molecule has 7 heteroatoms. The van der Waals surface area contributed by atoms with E-state index in [2.05, 4.69) is 24.4 Å². The maximum absolute atomic E-state index is 13.3. The second kappa shape index (κ2) is 9.96. The van der Waals surface area contributed by atoms with Crippen molar-refractivity contribution in [3.63, 3.8) is 0 Å². The number of thioether (sulfide) groups is 2. The zero-order valence-electron chi connectivity index (χ0n) is 18.6. The third-order valence-electron chi connectivity index (χ3n) is 5.43. The van der Waals surface area contributed by atoms with E-state index in [1.807, 2.05) is 50.2 Å². The van der Waals surface area contributed by atoms with Gasteiger partial charge in [-0.2, -0.15) is 0 Å². The number of fused-ring (bicyclic) bond motifs is 1. The first-order valence-corrected chi connectivity index (χ1v) is 12.6. The molecule has 1 amide bonds. The summed E-state index contributed by atoms with van der Waals surface area (Å²) in [7, 11) is 0. The third-order valence-corrected chi connectivity index (χ3v) is 7.62. The van der Waals surface area contributed by atoms with Crippen molar-refractivity contribution < 1.29 is 4.79 Å². The van der Waals surface area contributed by atoms with Gasteiger partial charge in [0.05, 0.1) is 16.3 Å². The molecule has 0 saturated heterocycles. The van der Waals surface area contributed by atoms with Crippen LogP contribution in [0.1, 0.15) is 29.3 Å². The van der Waals surface area contributed by atoms with Crippen LogP contribution >= 0.6 is 23.5 Å². The van der Waals surface area contributed by atoms with E-state index in [1.165, 1.54) is 17.3 Å². The Morgan fingerprint density at radius 2 is 2.00 bits per heavy atom. The van der Waals surface area contributed by atoms with Crippen molar-refractivity contribution in [1.29, 1.82) is 0 Å². The Hall–Kier alpha value is -2.51. The summed E-state index contributed by atoms with van der Waals surface area (Å²) in [6, 6.07) is 16.1. The fourth-order valence-corrected chi connectivity index (χ4v) is 5.67. The van der Waals surface area contributed by atoms with Gasteiger partial charge in [-0.15, -0.1) is 11.8 Å². The Morgan fingerprint density at radius 3 is 2.78 bits per heavy atom. The van der Waals surface area contributed by atoms with Crippen molar-refractivity contribution in [3.8, 4) is 0 Å². The zero-order chi connectivity index (χ0) is 22.7. The summed E-state index contributed by atoms with van der Waals surface area (Å²) in [5.41, 5.74) is 4.99. The number of nitrogens with one attached hydrogen (secondary N) is 1. The third kappa shape index (κ3) is 5.27. The lowest BCUT2D eigenvalue weighted by Crippen LogP contribution is -2.27. The number of anilines is 1. The van der Waals surface area contributed by atoms with E-state index in [0.717, 1.165) is 40.2 Å². The van der Waals surface area contributed by atoms with Crippen LogP contribution in [0.15, 0.2) is 63.4 Å². The first kappa shape index (κ1) is 22.7. The van der Waals surface area contributed by atoms with Gasteiger partial charge in [0.1, 0.15) is 0 Å². The molecule has 1 unspecified atom stereocenters. The van der Waals surface area contributed by atoms with Gasteiger partial charge in [0.25, 0.3) is 5.56 Å². The first-order valence-electron chi connectivity index (χ1n) is 10.7.